The first-order valence-electron chi connectivity index (χ1n) is 7.78. The molecule has 0 atom stereocenters. The number of anilines is 1. The molecule has 0 aliphatic rings. The zero-order valence-corrected chi connectivity index (χ0v) is 14.6. The smallest absolute Gasteiger partial charge is 0.322 e. The van der Waals surface area contributed by atoms with E-state index in [0.717, 1.165) is 22.6 Å². The number of amides is 2. The second-order valence-electron chi connectivity index (χ2n) is 5.80. The van der Waals surface area contributed by atoms with Crippen molar-refractivity contribution in [1.29, 1.82) is 0 Å². The third-order valence-electron chi connectivity index (χ3n) is 3.93. The summed E-state index contributed by atoms with van der Waals surface area (Å²) in [5, 5.41) is 7.05. The van der Waals surface area contributed by atoms with Crippen molar-refractivity contribution in [3.05, 3.63) is 75.9 Å². The number of nitrogens with zero attached hydrogens (tertiary/aromatic N) is 1. The Balaban J connectivity index is 1.75. The minimum absolute atomic E-state index is 0.138. The number of benzene rings is 1. The van der Waals surface area contributed by atoms with Crippen molar-refractivity contribution in [3.63, 3.8) is 0 Å². The monoisotopic (exact) mass is 340 g/mol. The molecule has 4 nitrogen and oxygen atoms in total. The highest BCUT2D eigenvalue weighted by Gasteiger charge is 2.16. The van der Waals surface area contributed by atoms with Crippen LogP contribution in [0.3, 0.4) is 0 Å². The van der Waals surface area contributed by atoms with E-state index in [-0.39, 0.29) is 6.03 Å². The van der Waals surface area contributed by atoms with Gasteiger partial charge in [0, 0.05) is 12.2 Å². The summed E-state index contributed by atoms with van der Waals surface area (Å²) in [7, 11) is 0. The molecule has 3 rings (SSSR count). The third kappa shape index (κ3) is 4.06. The van der Waals surface area contributed by atoms with E-state index in [4.69, 9.17) is 4.42 Å². The standard InChI is InChI=1S/C19H20N2O2S/c1-14-5-6-17(10-15(14)2)20-19(22)21(11-16-7-9-24-13-16)12-18-4-3-8-23-18/h3-10,13H,11-12H2,1-2H3,(H,20,22). The molecule has 0 saturated carbocycles. The molecule has 2 heterocycles. The van der Waals surface area contributed by atoms with Crippen molar-refractivity contribution in [2.75, 3.05) is 5.32 Å². The number of furan rings is 1. The van der Waals surface area contributed by atoms with Gasteiger partial charge in [-0.05, 0) is 71.6 Å². The molecule has 5 heteroatoms. The Bertz CT molecular complexity index is 759. The number of rotatable bonds is 5. The van der Waals surface area contributed by atoms with Crippen LogP contribution in [0, 0.1) is 13.8 Å². The third-order valence-corrected chi connectivity index (χ3v) is 4.66. The number of carbonyl (C=O) groups is 1. The van der Waals surface area contributed by atoms with Crippen LogP contribution < -0.4 is 5.32 Å². The average molecular weight is 340 g/mol. The van der Waals surface area contributed by atoms with E-state index in [9.17, 15) is 4.79 Å². The molecule has 1 N–H and O–H groups in total. The maximum Gasteiger partial charge on any atom is 0.322 e. The molecule has 0 saturated heterocycles. The highest BCUT2D eigenvalue weighted by Crippen LogP contribution is 2.17. The maximum atomic E-state index is 12.7. The Hall–Kier alpha value is -2.53. The molecule has 0 unspecified atom stereocenters. The van der Waals surface area contributed by atoms with Crippen molar-refractivity contribution in [2.24, 2.45) is 0 Å². The van der Waals surface area contributed by atoms with Crippen LogP contribution in [0.1, 0.15) is 22.5 Å². The zero-order chi connectivity index (χ0) is 16.9. The fourth-order valence-corrected chi connectivity index (χ4v) is 3.07. The lowest BCUT2D eigenvalue weighted by molar-refractivity contribution is 0.201. The van der Waals surface area contributed by atoms with Gasteiger partial charge in [-0.15, -0.1) is 0 Å². The lowest BCUT2D eigenvalue weighted by Gasteiger charge is -2.22. The first kappa shape index (κ1) is 16.3. The predicted molar refractivity (Wildman–Crippen MR) is 97.2 cm³/mol. The Morgan fingerprint density at radius 2 is 2.04 bits per heavy atom. The Labute approximate surface area is 145 Å². The van der Waals surface area contributed by atoms with Crippen molar-refractivity contribution < 1.29 is 9.21 Å². The molecular formula is C19H20N2O2S. The van der Waals surface area contributed by atoms with Crippen LogP contribution in [0.15, 0.2) is 57.8 Å². The second kappa shape index (κ2) is 7.36. The lowest BCUT2D eigenvalue weighted by Crippen LogP contribution is -2.33. The van der Waals surface area contributed by atoms with Crippen molar-refractivity contribution >= 4 is 23.1 Å². The first-order valence-corrected chi connectivity index (χ1v) is 8.73. The minimum Gasteiger partial charge on any atom is -0.467 e. The van der Waals surface area contributed by atoms with Gasteiger partial charge in [-0.3, -0.25) is 0 Å². The van der Waals surface area contributed by atoms with Gasteiger partial charge < -0.3 is 14.6 Å². The molecular weight excluding hydrogens is 320 g/mol. The topological polar surface area (TPSA) is 45.5 Å². The van der Waals surface area contributed by atoms with Crippen molar-refractivity contribution in [3.8, 4) is 0 Å². The summed E-state index contributed by atoms with van der Waals surface area (Å²) in [5.74, 6) is 0.764. The molecule has 0 spiro atoms. The highest BCUT2D eigenvalue weighted by atomic mass is 32.1. The van der Waals surface area contributed by atoms with Gasteiger partial charge in [0.25, 0.3) is 0 Å². The number of aryl methyl sites for hydroxylation is 2. The van der Waals surface area contributed by atoms with E-state index in [0.29, 0.717) is 13.1 Å². The largest absolute Gasteiger partial charge is 0.467 e. The van der Waals surface area contributed by atoms with E-state index >= 15 is 0 Å². The quantitative estimate of drug-likeness (QED) is 0.694. The molecule has 3 aromatic rings. The van der Waals surface area contributed by atoms with Crippen LogP contribution in [0.5, 0.6) is 0 Å². The fraction of sp³-hybridized carbons (Fsp3) is 0.211. The summed E-state index contributed by atoms with van der Waals surface area (Å²) in [5.41, 5.74) is 4.28. The van der Waals surface area contributed by atoms with Crippen LogP contribution in [0.25, 0.3) is 0 Å². The van der Waals surface area contributed by atoms with Crippen molar-refractivity contribution in [1.82, 2.24) is 4.90 Å². The molecule has 1 aromatic carbocycles. The number of thiophene rings is 1. The van der Waals surface area contributed by atoms with Gasteiger partial charge >= 0.3 is 6.03 Å². The summed E-state index contributed by atoms with van der Waals surface area (Å²) >= 11 is 1.63. The Kier molecular flexibility index (Phi) is 5.01. The Morgan fingerprint density at radius 1 is 1.17 bits per heavy atom. The summed E-state index contributed by atoms with van der Waals surface area (Å²) in [6.07, 6.45) is 1.62. The highest BCUT2D eigenvalue weighted by molar-refractivity contribution is 7.07. The molecule has 0 radical (unpaired) electrons. The summed E-state index contributed by atoms with van der Waals surface area (Å²) < 4.78 is 5.40. The normalized spacial score (nSPS) is 10.6. The SMILES string of the molecule is Cc1ccc(NC(=O)N(Cc2ccsc2)Cc2ccco2)cc1C. The van der Waals surface area contributed by atoms with Crippen LogP contribution >= 0.6 is 11.3 Å². The number of hydrogen-bond acceptors (Lipinski definition) is 3. The van der Waals surface area contributed by atoms with Gasteiger partial charge in [-0.2, -0.15) is 11.3 Å². The molecule has 124 valence electrons. The molecule has 0 fully saturated rings. The summed E-state index contributed by atoms with van der Waals surface area (Å²) in [6, 6.07) is 11.5. The molecule has 2 aromatic heterocycles. The molecule has 24 heavy (non-hydrogen) atoms. The van der Waals surface area contributed by atoms with Gasteiger partial charge in [0.1, 0.15) is 5.76 Å². The number of hydrogen-bond donors (Lipinski definition) is 1. The van der Waals surface area contributed by atoms with Crippen molar-refractivity contribution in [2.45, 2.75) is 26.9 Å². The molecule has 2 amide bonds. The molecule has 0 aliphatic carbocycles. The van der Waals surface area contributed by atoms with Gasteiger partial charge in [0.2, 0.25) is 0 Å². The molecule has 0 aliphatic heterocycles. The van der Waals surface area contributed by atoms with Gasteiger partial charge in [-0.25, -0.2) is 4.79 Å². The minimum atomic E-state index is -0.138. The fourth-order valence-electron chi connectivity index (χ4n) is 2.41. The molecule has 0 bridgehead atoms. The predicted octanol–water partition coefficient (Wildman–Crippen LogP) is 5.19. The second-order valence-corrected chi connectivity index (χ2v) is 6.58. The van der Waals surface area contributed by atoms with Gasteiger partial charge in [-0.1, -0.05) is 6.07 Å². The summed E-state index contributed by atoms with van der Waals surface area (Å²) in [6.45, 7) is 5.07. The van der Waals surface area contributed by atoms with Crippen LogP contribution in [-0.4, -0.2) is 10.9 Å². The van der Waals surface area contributed by atoms with E-state index in [1.807, 2.05) is 48.7 Å². The number of urea groups is 1. The van der Waals surface area contributed by atoms with Gasteiger partial charge in [0.15, 0.2) is 0 Å². The summed E-state index contributed by atoms with van der Waals surface area (Å²) in [4.78, 5) is 14.5. The number of carbonyl (C=O) groups excluding carboxylic acids is 1. The average Bonchev–Trinajstić information content (AvgIpc) is 3.24. The number of nitrogens with one attached hydrogen (secondary N) is 1. The maximum absolute atomic E-state index is 12.7. The van der Waals surface area contributed by atoms with E-state index < -0.39 is 0 Å². The Morgan fingerprint density at radius 3 is 2.71 bits per heavy atom. The first-order chi connectivity index (χ1) is 11.6. The van der Waals surface area contributed by atoms with E-state index in [1.165, 1.54) is 5.56 Å². The van der Waals surface area contributed by atoms with Crippen LogP contribution in [-0.2, 0) is 13.1 Å². The zero-order valence-electron chi connectivity index (χ0n) is 13.8. The van der Waals surface area contributed by atoms with Gasteiger partial charge in [0.05, 0.1) is 12.8 Å². The van der Waals surface area contributed by atoms with E-state index in [1.54, 1.807) is 22.5 Å². The lowest BCUT2D eigenvalue weighted by atomic mass is 10.1. The van der Waals surface area contributed by atoms with E-state index in [2.05, 4.69) is 17.6 Å². The van der Waals surface area contributed by atoms with Crippen LogP contribution in [0.2, 0.25) is 0 Å². The van der Waals surface area contributed by atoms with Crippen LogP contribution in [0.4, 0.5) is 10.5 Å².